The minimum atomic E-state index is -4.43. The number of ether oxygens (including phenoxy) is 1. The highest BCUT2D eigenvalue weighted by atomic mass is 19.4. The standard InChI is InChI=1S/C20H16F3N3O2/c1-28-18-5-3-2-4-16(18)25-15-10-11-24-17(12-15)19(27)26-14-8-6-13(7-9-14)20(21,22)23/h2-12H,1H3,(H,24,25)(H,26,27). The van der Waals surface area contributed by atoms with Gasteiger partial charge in [0.25, 0.3) is 5.91 Å². The molecule has 3 rings (SSSR count). The molecule has 144 valence electrons. The Kier molecular flexibility index (Phi) is 5.49. The fourth-order valence-electron chi connectivity index (χ4n) is 2.47. The van der Waals surface area contributed by atoms with Gasteiger partial charge in [-0.2, -0.15) is 13.2 Å². The van der Waals surface area contributed by atoms with Crippen molar-refractivity contribution in [3.8, 4) is 5.75 Å². The predicted octanol–water partition coefficient (Wildman–Crippen LogP) is 5.10. The van der Waals surface area contributed by atoms with Gasteiger partial charge >= 0.3 is 6.18 Å². The molecule has 1 amide bonds. The minimum absolute atomic E-state index is 0.111. The van der Waals surface area contributed by atoms with E-state index in [1.165, 1.54) is 24.4 Å². The minimum Gasteiger partial charge on any atom is -0.495 e. The van der Waals surface area contributed by atoms with Crippen LogP contribution in [0.5, 0.6) is 5.75 Å². The van der Waals surface area contributed by atoms with Gasteiger partial charge in [-0.15, -0.1) is 0 Å². The lowest BCUT2D eigenvalue weighted by molar-refractivity contribution is -0.137. The lowest BCUT2D eigenvalue weighted by Gasteiger charge is -2.12. The quantitative estimate of drug-likeness (QED) is 0.639. The van der Waals surface area contributed by atoms with E-state index in [4.69, 9.17) is 4.74 Å². The smallest absolute Gasteiger partial charge is 0.416 e. The van der Waals surface area contributed by atoms with Crippen molar-refractivity contribution in [2.45, 2.75) is 6.18 Å². The maximum atomic E-state index is 12.6. The van der Waals surface area contributed by atoms with Crippen molar-refractivity contribution in [3.63, 3.8) is 0 Å². The monoisotopic (exact) mass is 387 g/mol. The number of pyridine rings is 1. The van der Waals surface area contributed by atoms with Crippen molar-refractivity contribution in [1.29, 1.82) is 0 Å². The highest BCUT2D eigenvalue weighted by Crippen LogP contribution is 2.30. The summed E-state index contributed by atoms with van der Waals surface area (Å²) < 4.78 is 43.1. The summed E-state index contributed by atoms with van der Waals surface area (Å²) in [6.45, 7) is 0. The largest absolute Gasteiger partial charge is 0.495 e. The zero-order valence-corrected chi connectivity index (χ0v) is 14.7. The second kappa shape index (κ2) is 7.99. The molecule has 3 aromatic rings. The number of halogens is 3. The number of anilines is 3. The van der Waals surface area contributed by atoms with Crippen molar-refractivity contribution >= 4 is 23.0 Å². The Morgan fingerprint density at radius 3 is 2.39 bits per heavy atom. The second-order valence-electron chi connectivity index (χ2n) is 5.78. The van der Waals surface area contributed by atoms with Crippen molar-refractivity contribution in [2.75, 3.05) is 17.7 Å². The molecule has 0 saturated carbocycles. The average Bonchev–Trinajstić information content (AvgIpc) is 2.68. The predicted molar refractivity (Wildman–Crippen MR) is 99.9 cm³/mol. The Hall–Kier alpha value is -3.55. The summed E-state index contributed by atoms with van der Waals surface area (Å²) >= 11 is 0. The number of methoxy groups -OCH3 is 1. The number of nitrogens with one attached hydrogen (secondary N) is 2. The third kappa shape index (κ3) is 4.59. The number of benzene rings is 2. The first-order valence-corrected chi connectivity index (χ1v) is 8.21. The molecule has 0 saturated heterocycles. The molecule has 0 fully saturated rings. The third-order valence-electron chi connectivity index (χ3n) is 3.85. The zero-order chi connectivity index (χ0) is 20.1. The number of rotatable bonds is 5. The van der Waals surface area contributed by atoms with E-state index in [2.05, 4.69) is 15.6 Å². The van der Waals surface area contributed by atoms with E-state index in [1.54, 1.807) is 19.2 Å². The van der Waals surface area contributed by atoms with E-state index >= 15 is 0 Å². The number of carbonyl (C=O) groups excluding carboxylic acids is 1. The normalized spacial score (nSPS) is 11.0. The Labute approximate surface area is 159 Å². The number of nitrogens with zero attached hydrogens (tertiary/aromatic N) is 1. The highest BCUT2D eigenvalue weighted by Gasteiger charge is 2.30. The van der Waals surface area contributed by atoms with Crippen LogP contribution in [0.4, 0.5) is 30.2 Å². The molecule has 0 aliphatic heterocycles. The second-order valence-corrected chi connectivity index (χ2v) is 5.78. The molecule has 1 heterocycles. The molecule has 0 bridgehead atoms. The number of para-hydroxylation sites is 2. The van der Waals surface area contributed by atoms with E-state index in [1.807, 2.05) is 18.2 Å². The maximum Gasteiger partial charge on any atom is 0.416 e. The van der Waals surface area contributed by atoms with Crippen LogP contribution in [-0.2, 0) is 6.18 Å². The Morgan fingerprint density at radius 2 is 1.71 bits per heavy atom. The molecule has 0 unspecified atom stereocenters. The summed E-state index contributed by atoms with van der Waals surface area (Å²) in [5, 5.41) is 5.67. The third-order valence-corrected chi connectivity index (χ3v) is 3.85. The molecule has 0 atom stereocenters. The number of hydrogen-bond acceptors (Lipinski definition) is 4. The first-order valence-electron chi connectivity index (χ1n) is 8.21. The van der Waals surface area contributed by atoms with Crippen molar-refractivity contribution in [3.05, 3.63) is 78.1 Å². The van der Waals surface area contributed by atoms with Gasteiger partial charge in [0, 0.05) is 17.6 Å². The molecule has 2 aromatic carbocycles. The fraction of sp³-hybridized carbons (Fsp3) is 0.100. The molecule has 0 radical (unpaired) electrons. The fourth-order valence-corrected chi connectivity index (χ4v) is 2.47. The van der Waals surface area contributed by atoms with Crippen molar-refractivity contribution < 1.29 is 22.7 Å². The van der Waals surface area contributed by atoms with Crippen molar-refractivity contribution in [2.24, 2.45) is 0 Å². The van der Waals surface area contributed by atoms with Gasteiger partial charge in [-0.25, -0.2) is 0 Å². The lowest BCUT2D eigenvalue weighted by atomic mass is 10.2. The summed E-state index contributed by atoms with van der Waals surface area (Å²) in [4.78, 5) is 16.4. The molecule has 2 N–H and O–H groups in total. The summed E-state index contributed by atoms with van der Waals surface area (Å²) in [6.07, 6.45) is -2.97. The maximum absolute atomic E-state index is 12.6. The van der Waals surface area contributed by atoms with Crippen LogP contribution in [0.15, 0.2) is 66.9 Å². The number of amides is 1. The van der Waals surface area contributed by atoms with E-state index in [-0.39, 0.29) is 11.4 Å². The zero-order valence-electron chi connectivity index (χ0n) is 14.7. The van der Waals surface area contributed by atoms with Gasteiger partial charge in [0.15, 0.2) is 0 Å². The van der Waals surface area contributed by atoms with Crippen LogP contribution >= 0.6 is 0 Å². The number of alkyl halides is 3. The van der Waals surface area contributed by atoms with Crippen LogP contribution in [0.3, 0.4) is 0 Å². The number of carbonyl (C=O) groups is 1. The summed E-state index contributed by atoms with van der Waals surface area (Å²) in [5.41, 5.74) is 0.886. The number of aromatic nitrogens is 1. The molecular formula is C20H16F3N3O2. The Bertz CT molecular complexity index is 973. The van der Waals surface area contributed by atoms with Gasteiger partial charge in [-0.3, -0.25) is 9.78 Å². The van der Waals surface area contributed by atoms with Crippen LogP contribution in [0.2, 0.25) is 0 Å². The van der Waals surface area contributed by atoms with Gasteiger partial charge in [0.1, 0.15) is 11.4 Å². The topological polar surface area (TPSA) is 63.2 Å². The molecule has 0 aliphatic carbocycles. The highest BCUT2D eigenvalue weighted by molar-refractivity contribution is 6.03. The Morgan fingerprint density at radius 1 is 1.00 bits per heavy atom. The van der Waals surface area contributed by atoms with Crippen LogP contribution in [0.25, 0.3) is 0 Å². The molecule has 0 aliphatic rings. The summed E-state index contributed by atoms with van der Waals surface area (Å²) in [6, 6.07) is 14.7. The molecular weight excluding hydrogens is 371 g/mol. The Balaban J connectivity index is 1.73. The van der Waals surface area contributed by atoms with Crippen LogP contribution < -0.4 is 15.4 Å². The van der Waals surface area contributed by atoms with Gasteiger partial charge in [0.05, 0.1) is 18.4 Å². The lowest BCUT2D eigenvalue weighted by Crippen LogP contribution is -2.14. The van der Waals surface area contributed by atoms with Gasteiger partial charge in [0.2, 0.25) is 0 Å². The van der Waals surface area contributed by atoms with E-state index in [0.717, 1.165) is 12.1 Å². The molecule has 1 aromatic heterocycles. The summed E-state index contributed by atoms with van der Waals surface area (Å²) in [7, 11) is 1.55. The van der Waals surface area contributed by atoms with Crippen LogP contribution in [-0.4, -0.2) is 18.0 Å². The first kappa shape index (κ1) is 19.2. The van der Waals surface area contributed by atoms with Crippen LogP contribution in [0, 0.1) is 0 Å². The SMILES string of the molecule is COc1ccccc1Nc1ccnc(C(=O)Nc2ccc(C(F)(F)F)cc2)c1. The molecule has 8 heteroatoms. The summed E-state index contributed by atoms with van der Waals surface area (Å²) in [5.74, 6) is 0.0958. The molecule has 0 spiro atoms. The number of hydrogen-bond donors (Lipinski definition) is 2. The van der Waals surface area contributed by atoms with Crippen molar-refractivity contribution in [1.82, 2.24) is 4.98 Å². The van der Waals surface area contributed by atoms with Crippen LogP contribution in [0.1, 0.15) is 16.1 Å². The molecule has 5 nitrogen and oxygen atoms in total. The average molecular weight is 387 g/mol. The van der Waals surface area contributed by atoms with E-state index in [9.17, 15) is 18.0 Å². The van der Waals surface area contributed by atoms with E-state index in [0.29, 0.717) is 17.1 Å². The van der Waals surface area contributed by atoms with Gasteiger partial charge < -0.3 is 15.4 Å². The molecule has 28 heavy (non-hydrogen) atoms. The van der Waals surface area contributed by atoms with Gasteiger partial charge in [-0.05, 0) is 48.5 Å². The van der Waals surface area contributed by atoms with E-state index < -0.39 is 17.6 Å². The first-order chi connectivity index (χ1) is 13.4. The van der Waals surface area contributed by atoms with Gasteiger partial charge in [-0.1, -0.05) is 12.1 Å².